The highest BCUT2D eigenvalue weighted by atomic mass is 19.1. The van der Waals surface area contributed by atoms with Crippen molar-refractivity contribution in [3.63, 3.8) is 0 Å². The van der Waals surface area contributed by atoms with Gasteiger partial charge in [0.2, 0.25) is 0 Å². The molecule has 0 radical (unpaired) electrons. The molecule has 0 saturated carbocycles. The predicted molar refractivity (Wildman–Crippen MR) is 79.4 cm³/mol. The lowest BCUT2D eigenvalue weighted by Gasteiger charge is -2.14. The summed E-state index contributed by atoms with van der Waals surface area (Å²) in [5.74, 6) is 0.0111. The summed E-state index contributed by atoms with van der Waals surface area (Å²) in [6.45, 7) is 2.36. The zero-order chi connectivity index (χ0) is 14.4. The van der Waals surface area contributed by atoms with Gasteiger partial charge in [0.05, 0.1) is 6.61 Å². The summed E-state index contributed by atoms with van der Waals surface area (Å²) in [5.41, 5.74) is 7.79. The van der Waals surface area contributed by atoms with Gasteiger partial charge in [-0.05, 0) is 30.5 Å². The van der Waals surface area contributed by atoms with E-state index in [1.807, 2.05) is 43.3 Å². The number of nitrogens with two attached hydrogens (primary N) is 1. The molecule has 2 aromatic rings. The quantitative estimate of drug-likeness (QED) is 0.876. The van der Waals surface area contributed by atoms with E-state index >= 15 is 0 Å². The number of para-hydroxylation sites is 1. The molecule has 2 N–H and O–H groups in total. The van der Waals surface area contributed by atoms with Crippen LogP contribution in [0.25, 0.3) is 0 Å². The molecule has 0 heterocycles. The first-order valence-electron chi connectivity index (χ1n) is 6.86. The summed E-state index contributed by atoms with van der Waals surface area (Å²) < 4.78 is 19.5. The van der Waals surface area contributed by atoms with Crippen LogP contribution in [0, 0.1) is 5.82 Å². The molecule has 0 saturated heterocycles. The van der Waals surface area contributed by atoms with E-state index in [4.69, 9.17) is 10.5 Å². The van der Waals surface area contributed by atoms with E-state index in [9.17, 15) is 4.39 Å². The Bertz CT molecular complexity index is 540. The second-order valence-electron chi connectivity index (χ2n) is 4.99. The predicted octanol–water partition coefficient (Wildman–Crippen LogP) is 3.34. The zero-order valence-corrected chi connectivity index (χ0v) is 11.7. The van der Waals surface area contributed by atoms with Crippen LogP contribution in [0.2, 0.25) is 0 Å². The molecule has 0 aliphatic carbocycles. The van der Waals surface area contributed by atoms with Crippen molar-refractivity contribution >= 4 is 0 Å². The lowest BCUT2D eigenvalue weighted by Crippen LogP contribution is -2.18. The third-order valence-electron chi connectivity index (χ3n) is 3.07. The van der Waals surface area contributed by atoms with E-state index in [1.54, 1.807) is 6.07 Å². The molecule has 1 atom stereocenters. The van der Waals surface area contributed by atoms with Gasteiger partial charge in [-0.15, -0.1) is 0 Å². The fraction of sp³-hybridized carbons (Fsp3) is 0.294. The minimum absolute atomic E-state index is 0.0201. The molecule has 1 unspecified atom stereocenters. The minimum Gasteiger partial charge on any atom is -0.490 e. The normalized spacial score (nSPS) is 12.2. The van der Waals surface area contributed by atoms with Gasteiger partial charge in [-0.1, -0.05) is 42.5 Å². The number of benzene rings is 2. The molecule has 106 valence electrons. The SMILES string of the molecule is CC(N)Cc1cccc(F)c1OCCc1ccccc1. The van der Waals surface area contributed by atoms with E-state index in [-0.39, 0.29) is 11.9 Å². The van der Waals surface area contributed by atoms with Crippen LogP contribution in [0.15, 0.2) is 48.5 Å². The summed E-state index contributed by atoms with van der Waals surface area (Å²) >= 11 is 0. The highest BCUT2D eigenvalue weighted by Gasteiger charge is 2.11. The first-order valence-corrected chi connectivity index (χ1v) is 6.86. The van der Waals surface area contributed by atoms with Crippen molar-refractivity contribution in [2.75, 3.05) is 6.61 Å². The van der Waals surface area contributed by atoms with Crippen molar-refractivity contribution in [3.05, 3.63) is 65.5 Å². The summed E-state index contributed by atoms with van der Waals surface area (Å²) in [4.78, 5) is 0. The Morgan fingerprint density at radius 1 is 1.10 bits per heavy atom. The second kappa shape index (κ2) is 7.06. The Morgan fingerprint density at radius 2 is 1.85 bits per heavy atom. The minimum atomic E-state index is -0.323. The van der Waals surface area contributed by atoms with E-state index < -0.39 is 0 Å². The van der Waals surface area contributed by atoms with Gasteiger partial charge < -0.3 is 10.5 Å². The smallest absolute Gasteiger partial charge is 0.165 e. The van der Waals surface area contributed by atoms with E-state index in [0.29, 0.717) is 18.8 Å². The molecule has 0 amide bonds. The highest BCUT2D eigenvalue weighted by Crippen LogP contribution is 2.24. The Morgan fingerprint density at radius 3 is 2.55 bits per heavy atom. The Labute approximate surface area is 119 Å². The number of hydrogen-bond acceptors (Lipinski definition) is 2. The van der Waals surface area contributed by atoms with Gasteiger partial charge in [-0.3, -0.25) is 0 Å². The van der Waals surface area contributed by atoms with Crippen LogP contribution in [-0.2, 0) is 12.8 Å². The highest BCUT2D eigenvalue weighted by molar-refractivity contribution is 5.35. The van der Waals surface area contributed by atoms with E-state index in [1.165, 1.54) is 11.6 Å². The van der Waals surface area contributed by atoms with Crippen molar-refractivity contribution in [3.8, 4) is 5.75 Å². The van der Waals surface area contributed by atoms with Crippen molar-refractivity contribution in [1.82, 2.24) is 0 Å². The van der Waals surface area contributed by atoms with Gasteiger partial charge in [0.15, 0.2) is 11.6 Å². The molecule has 20 heavy (non-hydrogen) atoms. The molecular formula is C17H20FNO. The van der Waals surface area contributed by atoms with Gasteiger partial charge in [0.1, 0.15) is 0 Å². The lowest BCUT2D eigenvalue weighted by atomic mass is 10.1. The summed E-state index contributed by atoms with van der Waals surface area (Å²) in [5, 5.41) is 0. The molecule has 0 bridgehead atoms. The molecule has 2 rings (SSSR count). The molecule has 3 heteroatoms. The Kier molecular flexibility index (Phi) is 5.13. The van der Waals surface area contributed by atoms with Crippen LogP contribution in [0.5, 0.6) is 5.75 Å². The lowest BCUT2D eigenvalue weighted by molar-refractivity contribution is 0.301. The maximum absolute atomic E-state index is 13.9. The van der Waals surface area contributed by atoms with Gasteiger partial charge >= 0.3 is 0 Å². The molecular weight excluding hydrogens is 253 g/mol. The Hall–Kier alpha value is -1.87. The van der Waals surface area contributed by atoms with Crippen LogP contribution in [-0.4, -0.2) is 12.6 Å². The standard InChI is InChI=1S/C17H20FNO/c1-13(19)12-15-8-5-9-16(18)17(15)20-11-10-14-6-3-2-4-7-14/h2-9,13H,10-12,19H2,1H3. The number of hydrogen-bond donors (Lipinski definition) is 1. The largest absolute Gasteiger partial charge is 0.490 e. The van der Waals surface area contributed by atoms with E-state index in [0.717, 1.165) is 12.0 Å². The van der Waals surface area contributed by atoms with Gasteiger partial charge in [0, 0.05) is 12.5 Å². The van der Waals surface area contributed by atoms with Crippen LogP contribution in [0.1, 0.15) is 18.1 Å². The zero-order valence-electron chi connectivity index (χ0n) is 11.7. The van der Waals surface area contributed by atoms with Gasteiger partial charge in [-0.2, -0.15) is 0 Å². The Balaban J connectivity index is 2.01. The third kappa shape index (κ3) is 4.07. The first kappa shape index (κ1) is 14.5. The fourth-order valence-electron chi connectivity index (χ4n) is 2.14. The molecule has 0 fully saturated rings. The average Bonchev–Trinajstić information content (AvgIpc) is 2.42. The first-order chi connectivity index (χ1) is 9.66. The molecule has 0 spiro atoms. The van der Waals surface area contributed by atoms with Crippen molar-refractivity contribution < 1.29 is 9.13 Å². The summed E-state index contributed by atoms with van der Waals surface area (Å²) in [6, 6.07) is 15.0. The van der Waals surface area contributed by atoms with Crippen LogP contribution in [0.4, 0.5) is 4.39 Å². The topological polar surface area (TPSA) is 35.2 Å². The van der Waals surface area contributed by atoms with Crippen molar-refractivity contribution in [2.24, 2.45) is 5.73 Å². The average molecular weight is 273 g/mol. The maximum Gasteiger partial charge on any atom is 0.165 e. The number of halogens is 1. The molecule has 0 aromatic heterocycles. The molecule has 2 nitrogen and oxygen atoms in total. The number of rotatable bonds is 6. The van der Waals surface area contributed by atoms with Crippen LogP contribution in [0.3, 0.4) is 0 Å². The van der Waals surface area contributed by atoms with Crippen molar-refractivity contribution in [2.45, 2.75) is 25.8 Å². The second-order valence-corrected chi connectivity index (χ2v) is 4.99. The third-order valence-corrected chi connectivity index (χ3v) is 3.07. The van der Waals surface area contributed by atoms with Crippen LogP contribution >= 0.6 is 0 Å². The van der Waals surface area contributed by atoms with Gasteiger partial charge in [-0.25, -0.2) is 4.39 Å². The van der Waals surface area contributed by atoms with E-state index in [2.05, 4.69) is 0 Å². The maximum atomic E-state index is 13.9. The monoisotopic (exact) mass is 273 g/mol. The van der Waals surface area contributed by atoms with Crippen molar-refractivity contribution in [1.29, 1.82) is 0 Å². The molecule has 0 aliphatic rings. The summed E-state index contributed by atoms with van der Waals surface area (Å²) in [6.07, 6.45) is 1.37. The number of ether oxygens (including phenoxy) is 1. The molecule has 0 aliphatic heterocycles. The van der Waals surface area contributed by atoms with Crippen LogP contribution < -0.4 is 10.5 Å². The molecule has 2 aromatic carbocycles. The fourth-order valence-corrected chi connectivity index (χ4v) is 2.14. The summed E-state index contributed by atoms with van der Waals surface area (Å²) in [7, 11) is 0. The van der Waals surface area contributed by atoms with Gasteiger partial charge in [0.25, 0.3) is 0 Å².